The Morgan fingerprint density at radius 3 is 2.17 bits per heavy atom. The molecule has 0 saturated heterocycles. The van der Waals surface area contributed by atoms with E-state index in [1.54, 1.807) is 0 Å². The largest absolute Gasteiger partial charge is 0.480 e. The number of rotatable bonds is 5. The smallest absolute Gasteiger partial charge is 0.320 e. The van der Waals surface area contributed by atoms with Crippen molar-refractivity contribution < 1.29 is 9.90 Å². The van der Waals surface area contributed by atoms with Crippen molar-refractivity contribution in [3.05, 3.63) is 0 Å². The Kier molecular flexibility index (Phi) is 4.85. The highest BCUT2D eigenvalue weighted by Crippen LogP contribution is 2.06. The summed E-state index contributed by atoms with van der Waals surface area (Å²) in [6.07, 6.45) is 1.12. The molecule has 0 saturated carbocycles. The van der Waals surface area contributed by atoms with E-state index in [4.69, 9.17) is 16.6 Å². The van der Waals surface area contributed by atoms with Crippen LogP contribution >= 0.6 is 0 Å². The fraction of sp³-hybridized carbons (Fsp3) is 0.875. The Balaban J connectivity index is 3.61. The summed E-state index contributed by atoms with van der Waals surface area (Å²) in [7, 11) is 0. The van der Waals surface area contributed by atoms with E-state index in [0.29, 0.717) is 18.8 Å². The van der Waals surface area contributed by atoms with Gasteiger partial charge in [0.25, 0.3) is 0 Å². The second kappa shape index (κ2) is 5.11. The molecule has 0 aliphatic heterocycles. The zero-order valence-corrected chi connectivity index (χ0v) is 7.66. The molecule has 0 aromatic heterocycles. The maximum Gasteiger partial charge on any atom is 0.320 e. The van der Waals surface area contributed by atoms with E-state index in [2.05, 4.69) is 0 Å². The average molecular weight is 174 g/mol. The fourth-order valence-electron chi connectivity index (χ4n) is 0.829. The van der Waals surface area contributed by atoms with E-state index in [-0.39, 0.29) is 6.04 Å². The van der Waals surface area contributed by atoms with Crippen LogP contribution in [0.5, 0.6) is 0 Å². The van der Waals surface area contributed by atoms with Gasteiger partial charge in [-0.05, 0) is 18.8 Å². The third-order valence-electron chi connectivity index (χ3n) is 1.98. The quantitative estimate of drug-likeness (QED) is 0.554. The lowest BCUT2D eigenvalue weighted by Gasteiger charge is -2.16. The molecular formula is C8H18N2O2. The first-order chi connectivity index (χ1) is 5.45. The predicted octanol–water partition coefficient (Wildman–Crippen LogP) is 0.162. The predicted molar refractivity (Wildman–Crippen MR) is 47.7 cm³/mol. The molecule has 0 bridgehead atoms. The molecule has 0 amide bonds. The summed E-state index contributed by atoms with van der Waals surface area (Å²) < 4.78 is 0. The Morgan fingerprint density at radius 1 is 1.33 bits per heavy atom. The fourth-order valence-corrected chi connectivity index (χ4v) is 0.829. The molecule has 2 atom stereocenters. The highest BCUT2D eigenvalue weighted by atomic mass is 16.4. The standard InChI is InChI=1S/C8H18N2O2/c1-5(2)6(9)3-4-7(10)8(11)12/h5-7H,3-4,9-10H2,1-2H3,(H,11,12)/t6?,7-/m1/s1. The summed E-state index contributed by atoms with van der Waals surface area (Å²) in [4.78, 5) is 10.3. The van der Waals surface area contributed by atoms with Gasteiger partial charge in [0, 0.05) is 6.04 Å². The van der Waals surface area contributed by atoms with Gasteiger partial charge in [-0.25, -0.2) is 0 Å². The molecule has 0 radical (unpaired) electrons. The van der Waals surface area contributed by atoms with Gasteiger partial charge in [-0.15, -0.1) is 0 Å². The van der Waals surface area contributed by atoms with Crippen molar-refractivity contribution in [2.75, 3.05) is 0 Å². The van der Waals surface area contributed by atoms with Gasteiger partial charge in [0.2, 0.25) is 0 Å². The van der Waals surface area contributed by atoms with Crippen LogP contribution in [0, 0.1) is 5.92 Å². The molecule has 0 aromatic rings. The molecule has 0 fully saturated rings. The lowest BCUT2D eigenvalue weighted by atomic mass is 9.98. The van der Waals surface area contributed by atoms with Crippen LogP contribution in [-0.2, 0) is 4.79 Å². The van der Waals surface area contributed by atoms with Crippen molar-refractivity contribution >= 4 is 5.97 Å². The van der Waals surface area contributed by atoms with Crippen LogP contribution in [0.1, 0.15) is 26.7 Å². The monoisotopic (exact) mass is 174 g/mol. The Morgan fingerprint density at radius 2 is 1.83 bits per heavy atom. The van der Waals surface area contributed by atoms with Crippen molar-refractivity contribution in [2.45, 2.75) is 38.8 Å². The van der Waals surface area contributed by atoms with Gasteiger partial charge in [0.1, 0.15) is 6.04 Å². The van der Waals surface area contributed by atoms with Gasteiger partial charge in [0.15, 0.2) is 0 Å². The van der Waals surface area contributed by atoms with Crippen LogP contribution < -0.4 is 11.5 Å². The second-order valence-corrected chi connectivity index (χ2v) is 3.43. The van der Waals surface area contributed by atoms with Gasteiger partial charge in [-0.1, -0.05) is 13.8 Å². The summed E-state index contributed by atoms with van der Waals surface area (Å²) in [5, 5.41) is 8.47. The molecule has 0 spiro atoms. The van der Waals surface area contributed by atoms with Crippen LogP contribution in [0.25, 0.3) is 0 Å². The topological polar surface area (TPSA) is 89.3 Å². The molecule has 0 aliphatic carbocycles. The Labute approximate surface area is 72.9 Å². The molecule has 0 heterocycles. The third kappa shape index (κ3) is 4.31. The summed E-state index contributed by atoms with van der Waals surface area (Å²) in [6, 6.07) is -0.717. The minimum atomic E-state index is -0.953. The van der Waals surface area contributed by atoms with E-state index in [9.17, 15) is 4.79 Å². The molecule has 0 aliphatic rings. The number of aliphatic carboxylic acids is 1. The first-order valence-electron chi connectivity index (χ1n) is 4.19. The van der Waals surface area contributed by atoms with E-state index in [1.807, 2.05) is 13.8 Å². The number of nitrogens with two attached hydrogens (primary N) is 2. The van der Waals surface area contributed by atoms with Crippen LogP contribution in [0.4, 0.5) is 0 Å². The van der Waals surface area contributed by atoms with Crippen molar-refractivity contribution in [3.63, 3.8) is 0 Å². The maximum atomic E-state index is 10.3. The number of carbonyl (C=O) groups is 1. The molecule has 0 aromatic carbocycles. The molecule has 4 heteroatoms. The molecule has 72 valence electrons. The third-order valence-corrected chi connectivity index (χ3v) is 1.98. The minimum Gasteiger partial charge on any atom is -0.480 e. The van der Waals surface area contributed by atoms with Gasteiger partial charge in [-0.2, -0.15) is 0 Å². The lowest BCUT2D eigenvalue weighted by molar-refractivity contribution is -0.138. The first kappa shape index (κ1) is 11.4. The summed E-state index contributed by atoms with van der Waals surface area (Å²) in [5.74, 6) is -0.572. The molecule has 5 N–H and O–H groups in total. The van der Waals surface area contributed by atoms with Crippen molar-refractivity contribution in [1.82, 2.24) is 0 Å². The van der Waals surface area contributed by atoms with Crippen LogP contribution in [0.3, 0.4) is 0 Å². The number of hydrogen-bond donors (Lipinski definition) is 3. The Hall–Kier alpha value is -0.610. The molecule has 1 unspecified atom stereocenters. The second-order valence-electron chi connectivity index (χ2n) is 3.43. The normalized spacial score (nSPS) is 16.1. The van der Waals surface area contributed by atoms with Crippen molar-refractivity contribution in [2.24, 2.45) is 17.4 Å². The van der Waals surface area contributed by atoms with Crippen LogP contribution in [0.15, 0.2) is 0 Å². The molecular weight excluding hydrogens is 156 g/mol. The highest BCUT2D eigenvalue weighted by molar-refractivity contribution is 5.72. The molecule has 0 rings (SSSR count). The first-order valence-corrected chi connectivity index (χ1v) is 4.19. The van der Waals surface area contributed by atoms with Gasteiger partial charge in [0.05, 0.1) is 0 Å². The van der Waals surface area contributed by atoms with Gasteiger partial charge in [-0.3, -0.25) is 4.79 Å². The van der Waals surface area contributed by atoms with E-state index >= 15 is 0 Å². The van der Waals surface area contributed by atoms with Crippen molar-refractivity contribution in [1.29, 1.82) is 0 Å². The zero-order chi connectivity index (χ0) is 9.72. The summed E-state index contributed by atoms with van der Waals surface area (Å²) >= 11 is 0. The van der Waals surface area contributed by atoms with Crippen molar-refractivity contribution in [3.8, 4) is 0 Å². The number of hydrogen-bond acceptors (Lipinski definition) is 3. The van der Waals surface area contributed by atoms with E-state index in [0.717, 1.165) is 0 Å². The Bertz CT molecular complexity index is 148. The summed E-state index contributed by atoms with van der Waals surface area (Å²) in [6.45, 7) is 4.02. The molecule has 4 nitrogen and oxygen atoms in total. The van der Waals surface area contributed by atoms with Gasteiger partial charge < -0.3 is 16.6 Å². The maximum absolute atomic E-state index is 10.3. The van der Waals surface area contributed by atoms with Gasteiger partial charge >= 0.3 is 5.97 Å². The zero-order valence-electron chi connectivity index (χ0n) is 7.66. The van der Waals surface area contributed by atoms with E-state index in [1.165, 1.54) is 0 Å². The minimum absolute atomic E-state index is 0.0513. The van der Waals surface area contributed by atoms with E-state index < -0.39 is 12.0 Å². The van der Waals surface area contributed by atoms with Crippen LogP contribution in [0.2, 0.25) is 0 Å². The summed E-state index contributed by atoms with van der Waals surface area (Å²) in [5.41, 5.74) is 11.0. The average Bonchev–Trinajstić information content (AvgIpc) is 1.98. The number of carboxylic acids is 1. The molecule has 12 heavy (non-hydrogen) atoms. The lowest BCUT2D eigenvalue weighted by Crippen LogP contribution is -2.34. The SMILES string of the molecule is CC(C)C(N)CC[C@@H](N)C(=O)O. The highest BCUT2D eigenvalue weighted by Gasteiger charge is 2.14. The van der Waals surface area contributed by atoms with Crippen LogP contribution in [-0.4, -0.2) is 23.2 Å². The number of carboxylic acid groups (broad SMARTS) is 1.